The lowest BCUT2D eigenvalue weighted by Gasteiger charge is -2.14. The van der Waals surface area contributed by atoms with E-state index in [1.165, 1.54) is 0 Å². The topological polar surface area (TPSA) is 22.4 Å². The van der Waals surface area contributed by atoms with Crippen LogP contribution >= 0.6 is 27.5 Å². The molecule has 4 heteroatoms. The van der Waals surface area contributed by atoms with E-state index in [0.717, 1.165) is 16.9 Å². The van der Waals surface area contributed by atoms with Gasteiger partial charge in [0, 0.05) is 5.56 Å². The molecule has 1 aromatic heterocycles. The molecule has 1 heterocycles. The molecule has 0 saturated heterocycles. The van der Waals surface area contributed by atoms with Gasteiger partial charge in [0.2, 0.25) is 0 Å². The predicted molar refractivity (Wildman–Crippen MR) is 76.5 cm³/mol. The molecule has 1 aromatic carbocycles. The van der Waals surface area contributed by atoms with Gasteiger partial charge in [0.25, 0.3) is 0 Å². The van der Waals surface area contributed by atoms with Crippen LogP contribution in [0.25, 0.3) is 0 Å². The molecule has 18 heavy (non-hydrogen) atoms. The average Bonchev–Trinajstić information content (AvgIpc) is 2.77. The zero-order valence-electron chi connectivity index (χ0n) is 10.2. The van der Waals surface area contributed by atoms with E-state index in [9.17, 15) is 0 Å². The molecular formula is C14H14BrClO2. The quantitative estimate of drug-likeness (QED) is 0.730. The molecule has 0 N–H and O–H groups in total. The third-order valence-corrected chi connectivity index (χ3v) is 3.46. The second-order valence-electron chi connectivity index (χ2n) is 3.98. The van der Waals surface area contributed by atoms with Crippen molar-refractivity contribution in [1.82, 2.24) is 0 Å². The van der Waals surface area contributed by atoms with Gasteiger partial charge in [0.15, 0.2) is 4.67 Å². The fourth-order valence-corrected chi connectivity index (χ4v) is 2.38. The molecule has 0 aliphatic heterocycles. The van der Waals surface area contributed by atoms with Gasteiger partial charge in [-0.15, -0.1) is 11.6 Å². The Bertz CT molecular complexity index is 536. The van der Waals surface area contributed by atoms with Gasteiger partial charge >= 0.3 is 0 Å². The monoisotopic (exact) mass is 328 g/mol. The lowest BCUT2D eigenvalue weighted by atomic mass is 10.1. The van der Waals surface area contributed by atoms with Crippen LogP contribution in [0, 0.1) is 6.92 Å². The lowest BCUT2D eigenvalue weighted by Crippen LogP contribution is -2.00. The predicted octanol–water partition coefficient (Wildman–Crippen LogP) is 5.08. The van der Waals surface area contributed by atoms with Crippen LogP contribution in [0.15, 0.2) is 39.4 Å². The van der Waals surface area contributed by atoms with E-state index in [0.29, 0.717) is 17.0 Å². The number of hydrogen-bond donors (Lipinski definition) is 0. The number of ether oxygens (including phenoxy) is 1. The minimum absolute atomic E-state index is 0.349. The molecule has 0 aliphatic carbocycles. The van der Waals surface area contributed by atoms with Crippen molar-refractivity contribution in [3.05, 3.63) is 51.9 Å². The van der Waals surface area contributed by atoms with Crippen LogP contribution in [0.5, 0.6) is 5.75 Å². The maximum absolute atomic E-state index is 6.46. The van der Waals surface area contributed by atoms with Crippen LogP contribution in [-0.4, -0.2) is 6.61 Å². The Balaban J connectivity index is 2.39. The number of hydrogen-bond acceptors (Lipinski definition) is 2. The molecule has 1 atom stereocenters. The summed E-state index contributed by atoms with van der Waals surface area (Å²) in [6.07, 6.45) is 0. The molecule has 0 fully saturated rings. The zero-order chi connectivity index (χ0) is 13.1. The highest BCUT2D eigenvalue weighted by atomic mass is 79.9. The average molecular weight is 330 g/mol. The lowest BCUT2D eigenvalue weighted by molar-refractivity contribution is 0.335. The largest absolute Gasteiger partial charge is 0.494 e. The maximum atomic E-state index is 6.46. The Morgan fingerprint density at radius 3 is 2.72 bits per heavy atom. The van der Waals surface area contributed by atoms with Crippen LogP contribution in [0.2, 0.25) is 0 Å². The van der Waals surface area contributed by atoms with E-state index >= 15 is 0 Å². The fraction of sp³-hybridized carbons (Fsp3) is 0.286. The van der Waals surface area contributed by atoms with Gasteiger partial charge in [-0.3, -0.25) is 0 Å². The van der Waals surface area contributed by atoms with Crippen molar-refractivity contribution in [2.75, 3.05) is 6.61 Å². The van der Waals surface area contributed by atoms with Crippen molar-refractivity contribution >= 4 is 27.5 Å². The summed E-state index contributed by atoms with van der Waals surface area (Å²) in [7, 11) is 0. The maximum Gasteiger partial charge on any atom is 0.169 e. The number of alkyl halides is 1. The Labute approximate surface area is 120 Å². The van der Waals surface area contributed by atoms with Crippen LogP contribution in [0.1, 0.15) is 29.2 Å². The van der Waals surface area contributed by atoms with Crippen molar-refractivity contribution in [2.45, 2.75) is 19.2 Å². The minimum Gasteiger partial charge on any atom is -0.494 e. The standard InChI is InChI=1S/C14H14BrClO2/c1-3-17-11-5-4-9(2)8-10(11)14(16)12-6-7-13(15)18-12/h4-8,14H,3H2,1-2H3. The molecule has 96 valence electrons. The molecule has 0 aliphatic rings. The summed E-state index contributed by atoms with van der Waals surface area (Å²) in [5.74, 6) is 1.51. The fourth-order valence-electron chi connectivity index (χ4n) is 1.77. The number of rotatable bonds is 4. The SMILES string of the molecule is CCOc1ccc(C)cc1C(Cl)c1ccc(Br)o1. The van der Waals surface area contributed by atoms with Crippen molar-refractivity contribution in [3.8, 4) is 5.75 Å². The number of benzene rings is 1. The van der Waals surface area contributed by atoms with Gasteiger partial charge in [0.1, 0.15) is 16.9 Å². The second-order valence-corrected chi connectivity index (χ2v) is 5.20. The van der Waals surface area contributed by atoms with Gasteiger partial charge in [-0.05, 0) is 48.0 Å². The highest BCUT2D eigenvalue weighted by molar-refractivity contribution is 9.10. The molecule has 2 rings (SSSR count). The number of furan rings is 1. The van der Waals surface area contributed by atoms with Crippen molar-refractivity contribution in [1.29, 1.82) is 0 Å². The third kappa shape index (κ3) is 2.90. The van der Waals surface area contributed by atoms with E-state index in [-0.39, 0.29) is 5.38 Å². The van der Waals surface area contributed by atoms with Crippen molar-refractivity contribution in [3.63, 3.8) is 0 Å². The summed E-state index contributed by atoms with van der Waals surface area (Å²) in [6, 6.07) is 9.68. The first kappa shape index (κ1) is 13.5. The number of aryl methyl sites for hydroxylation is 1. The summed E-state index contributed by atoms with van der Waals surface area (Å²) in [6.45, 7) is 4.60. The zero-order valence-corrected chi connectivity index (χ0v) is 12.6. The van der Waals surface area contributed by atoms with E-state index in [1.54, 1.807) is 0 Å². The summed E-state index contributed by atoms with van der Waals surface area (Å²) in [4.78, 5) is 0. The Morgan fingerprint density at radius 1 is 1.33 bits per heavy atom. The van der Waals surface area contributed by atoms with Crippen LogP contribution in [0.4, 0.5) is 0 Å². The Kier molecular flexibility index (Phi) is 4.36. The highest BCUT2D eigenvalue weighted by Crippen LogP contribution is 2.37. The van der Waals surface area contributed by atoms with Crippen LogP contribution in [-0.2, 0) is 0 Å². The summed E-state index contributed by atoms with van der Waals surface area (Å²) in [5.41, 5.74) is 2.07. The normalized spacial score (nSPS) is 12.4. The molecule has 2 nitrogen and oxygen atoms in total. The molecule has 0 amide bonds. The Morgan fingerprint density at radius 2 is 2.11 bits per heavy atom. The molecule has 0 radical (unpaired) electrons. The smallest absolute Gasteiger partial charge is 0.169 e. The van der Waals surface area contributed by atoms with Crippen molar-refractivity contribution < 1.29 is 9.15 Å². The van der Waals surface area contributed by atoms with Gasteiger partial charge in [-0.1, -0.05) is 17.7 Å². The first-order chi connectivity index (χ1) is 8.61. The Hall–Kier alpha value is -0.930. The van der Waals surface area contributed by atoms with E-state index < -0.39 is 0 Å². The summed E-state index contributed by atoms with van der Waals surface area (Å²) in [5, 5.41) is -0.349. The third-order valence-electron chi connectivity index (χ3n) is 2.58. The van der Waals surface area contributed by atoms with Gasteiger partial charge in [-0.2, -0.15) is 0 Å². The van der Waals surface area contributed by atoms with Crippen LogP contribution < -0.4 is 4.74 Å². The molecule has 1 unspecified atom stereocenters. The van der Waals surface area contributed by atoms with E-state index in [1.807, 2.05) is 44.2 Å². The minimum atomic E-state index is -0.349. The van der Waals surface area contributed by atoms with Gasteiger partial charge in [-0.25, -0.2) is 0 Å². The highest BCUT2D eigenvalue weighted by Gasteiger charge is 2.19. The van der Waals surface area contributed by atoms with Gasteiger partial charge < -0.3 is 9.15 Å². The van der Waals surface area contributed by atoms with Gasteiger partial charge in [0.05, 0.1) is 6.61 Å². The first-order valence-corrected chi connectivity index (χ1v) is 6.97. The molecule has 0 spiro atoms. The molecule has 0 saturated carbocycles. The van der Waals surface area contributed by atoms with E-state index in [4.69, 9.17) is 20.8 Å². The molecule has 2 aromatic rings. The molecule has 0 bridgehead atoms. The van der Waals surface area contributed by atoms with E-state index in [2.05, 4.69) is 15.9 Å². The second kappa shape index (κ2) is 5.81. The molecular weight excluding hydrogens is 316 g/mol. The number of halogens is 2. The van der Waals surface area contributed by atoms with Crippen LogP contribution in [0.3, 0.4) is 0 Å². The summed E-state index contributed by atoms with van der Waals surface area (Å²) >= 11 is 9.74. The summed E-state index contributed by atoms with van der Waals surface area (Å²) < 4.78 is 11.8. The first-order valence-electron chi connectivity index (χ1n) is 5.74. The van der Waals surface area contributed by atoms with Crippen molar-refractivity contribution in [2.24, 2.45) is 0 Å².